The molecule has 0 N–H and O–H groups in total. The van der Waals surface area contributed by atoms with Crippen LogP contribution in [0.4, 0.5) is 0 Å². The number of rotatable bonds is 1. The van der Waals surface area contributed by atoms with E-state index in [1.807, 2.05) is 0 Å². The van der Waals surface area contributed by atoms with Gasteiger partial charge in [-0.15, -0.1) is 0 Å². The fraction of sp³-hybridized carbons (Fsp3) is 0.800. The van der Waals surface area contributed by atoms with Crippen LogP contribution in [0, 0.1) is 0 Å². The van der Waals surface area contributed by atoms with Crippen molar-refractivity contribution in [3.8, 4) is 0 Å². The van der Waals surface area contributed by atoms with Gasteiger partial charge in [-0.3, -0.25) is 0 Å². The van der Waals surface area contributed by atoms with Gasteiger partial charge in [0.1, 0.15) is 6.61 Å². The van der Waals surface area contributed by atoms with Gasteiger partial charge in [0.05, 0.1) is 0 Å². The predicted molar refractivity (Wildman–Crippen MR) is 26.4 cm³/mol. The first kappa shape index (κ1) is 5.56. The SMILES string of the molecule is COC1(C)COC1=O. The number of cyclic esters (lactones) is 1. The molecule has 1 atom stereocenters. The minimum atomic E-state index is -0.639. The summed E-state index contributed by atoms with van der Waals surface area (Å²) in [4.78, 5) is 10.4. The van der Waals surface area contributed by atoms with Crippen LogP contribution in [0.1, 0.15) is 6.92 Å². The second-order valence-corrected chi connectivity index (χ2v) is 2.01. The molecule has 1 unspecified atom stereocenters. The summed E-state index contributed by atoms with van der Waals surface area (Å²) < 4.78 is 9.28. The van der Waals surface area contributed by atoms with E-state index in [2.05, 4.69) is 4.74 Å². The zero-order valence-corrected chi connectivity index (χ0v) is 4.93. The molecule has 0 aromatic rings. The van der Waals surface area contributed by atoms with Crippen LogP contribution in [-0.4, -0.2) is 25.3 Å². The molecule has 0 spiro atoms. The molecule has 0 radical (unpaired) electrons. The van der Waals surface area contributed by atoms with Gasteiger partial charge in [-0.25, -0.2) is 4.79 Å². The Morgan fingerprint density at radius 2 is 2.50 bits per heavy atom. The Balaban J connectivity index is 2.55. The van der Waals surface area contributed by atoms with E-state index in [0.29, 0.717) is 6.61 Å². The molecule has 3 heteroatoms. The zero-order chi connectivity index (χ0) is 6.20. The van der Waals surface area contributed by atoms with Crippen LogP contribution in [0.25, 0.3) is 0 Å². The summed E-state index contributed by atoms with van der Waals surface area (Å²) in [5, 5.41) is 0. The maximum atomic E-state index is 10.4. The molecule has 0 saturated carbocycles. The minimum absolute atomic E-state index is 0.264. The van der Waals surface area contributed by atoms with Gasteiger partial charge in [0.2, 0.25) is 0 Å². The van der Waals surface area contributed by atoms with E-state index in [9.17, 15) is 4.79 Å². The summed E-state index contributed by atoms with van der Waals surface area (Å²) in [6.07, 6.45) is 0. The van der Waals surface area contributed by atoms with Crippen LogP contribution in [0.15, 0.2) is 0 Å². The first-order valence-electron chi connectivity index (χ1n) is 2.41. The van der Waals surface area contributed by atoms with Gasteiger partial charge in [-0.1, -0.05) is 0 Å². The molecule has 1 aliphatic rings. The minimum Gasteiger partial charge on any atom is -0.460 e. The summed E-state index contributed by atoms with van der Waals surface area (Å²) >= 11 is 0. The van der Waals surface area contributed by atoms with Crippen molar-refractivity contribution >= 4 is 5.97 Å². The first-order valence-corrected chi connectivity index (χ1v) is 2.41. The second-order valence-electron chi connectivity index (χ2n) is 2.01. The Morgan fingerprint density at radius 1 is 1.88 bits per heavy atom. The van der Waals surface area contributed by atoms with Crippen molar-refractivity contribution in [3.63, 3.8) is 0 Å². The molecular formula is C5H8O3. The third kappa shape index (κ3) is 0.512. The Kier molecular flexibility index (Phi) is 1.01. The molecule has 0 aromatic carbocycles. The quantitative estimate of drug-likeness (QED) is 0.450. The van der Waals surface area contributed by atoms with E-state index in [4.69, 9.17) is 4.74 Å². The molecule has 0 aromatic heterocycles. The van der Waals surface area contributed by atoms with E-state index in [0.717, 1.165) is 0 Å². The lowest BCUT2D eigenvalue weighted by molar-refractivity contribution is -0.205. The fourth-order valence-electron chi connectivity index (χ4n) is 0.477. The third-order valence-corrected chi connectivity index (χ3v) is 1.36. The maximum Gasteiger partial charge on any atom is 0.341 e. The van der Waals surface area contributed by atoms with Crippen LogP contribution in [0.2, 0.25) is 0 Å². The lowest BCUT2D eigenvalue weighted by Gasteiger charge is -2.33. The molecule has 0 bridgehead atoms. The normalized spacial score (nSPS) is 36.0. The van der Waals surface area contributed by atoms with Gasteiger partial charge in [0.25, 0.3) is 0 Å². The molecule has 1 rings (SSSR count). The second kappa shape index (κ2) is 1.45. The predicted octanol–water partition coefficient (Wildman–Crippen LogP) is -0.0517. The highest BCUT2D eigenvalue weighted by Crippen LogP contribution is 2.20. The van der Waals surface area contributed by atoms with E-state index < -0.39 is 5.60 Å². The first-order chi connectivity index (χ1) is 3.69. The summed E-state index contributed by atoms with van der Waals surface area (Å²) in [5.41, 5.74) is -0.639. The number of methoxy groups -OCH3 is 1. The Bertz CT molecular complexity index is 117. The molecule has 1 fully saturated rings. The lowest BCUT2D eigenvalue weighted by atomic mass is 10.1. The molecule has 0 amide bonds. The maximum absolute atomic E-state index is 10.4. The van der Waals surface area contributed by atoms with Crippen molar-refractivity contribution in [2.24, 2.45) is 0 Å². The molecule has 1 saturated heterocycles. The lowest BCUT2D eigenvalue weighted by Crippen LogP contribution is -2.53. The van der Waals surface area contributed by atoms with Crippen LogP contribution in [-0.2, 0) is 14.3 Å². The van der Waals surface area contributed by atoms with Gasteiger partial charge in [0.15, 0.2) is 5.60 Å². The van der Waals surface area contributed by atoms with Crippen molar-refractivity contribution in [2.75, 3.05) is 13.7 Å². The van der Waals surface area contributed by atoms with Crippen molar-refractivity contribution in [1.29, 1.82) is 0 Å². The highest BCUT2D eigenvalue weighted by atomic mass is 16.6. The van der Waals surface area contributed by atoms with E-state index in [1.165, 1.54) is 7.11 Å². The number of hydrogen-bond donors (Lipinski definition) is 0. The largest absolute Gasteiger partial charge is 0.460 e. The van der Waals surface area contributed by atoms with Gasteiger partial charge >= 0.3 is 5.97 Å². The highest BCUT2D eigenvalue weighted by Gasteiger charge is 2.45. The molecule has 0 aliphatic carbocycles. The van der Waals surface area contributed by atoms with Gasteiger partial charge in [-0.05, 0) is 6.92 Å². The summed E-state index contributed by atoms with van der Waals surface area (Å²) in [6, 6.07) is 0. The number of hydrogen-bond acceptors (Lipinski definition) is 3. The smallest absolute Gasteiger partial charge is 0.341 e. The fourth-order valence-corrected chi connectivity index (χ4v) is 0.477. The molecule has 3 nitrogen and oxygen atoms in total. The number of ether oxygens (including phenoxy) is 2. The number of esters is 1. The van der Waals surface area contributed by atoms with Crippen molar-refractivity contribution < 1.29 is 14.3 Å². The standard InChI is InChI=1S/C5H8O3/c1-5(7-2)3-8-4(5)6/h3H2,1-2H3. The van der Waals surface area contributed by atoms with E-state index >= 15 is 0 Å². The molecule has 46 valence electrons. The Hall–Kier alpha value is -0.570. The van der Waals surface area contributed by atoms with Gasteiger partial charge < -0.3 is 9.47 Å². The van der Waals surface area contributed by atoms with E-state index in [-0.39, 0.29) is 5.97 Å². The van der Waals surface area contributed by atoms with Crippen molar-refractivity contribution in [2.45, 2.75) is 12.5 Å². The van der Waals surface area contributed by atoms with Gasteiger partial charge in [0, 0.05) is 7.11 Å². The van der Waals surface area contributed by atoms with Crippen LogP contribution in [0.3, 0.4) is 0 Å². The number of carbonyl (C=O) groups excluding carboxylic acids is 1. The van der Waals surface area contributed by atoms with E-state index in [1.54, 1.807) is 6.92 Å². The Labute approximate surface area is 47.6 Å². The van der Waals surface area contributed by atoms with Crippen molar-refractivity contribution in [3.05, 3.63) is 0 Å². The molecule has 1 heterocycles. The summed E-state index contributed by atoms with van der Waals surface area (Å²) in [5.74, 6) is -0.264. The van der Waals surface area contributed by atoms with Crippen LogP contribution >= 0.6 is 0 Å². The third-order valence-electron chi connectivity index (χ3n) is 1.36. The topological polar surface area (TPSA) is 35.5 Å². The number of carbonyl (C=O) groups is 1. The molecule has 8 heavy (non-hydrogen) atoms. The average Bonchev–Trinajstić information content (AvgIpc) is 1.83. The Morgan fingerprint density at radius 3 is 2.50 bits per heavy atom. The van der Waals surface area contributed by atoms with Crippen LogP contribution in [0.5, 0.6) is 0 Å². The zero-order valence-electron chi connectivity index (χ0n) is 4.93. The van der Waals surface area contributed by atoms with Crippen LogP contribution < -0.4 is 0 Å². The molecular weight excluding hydrogens is 108 g/mol. The van der Waals surface area contributed by atoms with Gasteiger partial charge in [-0.2, -0.15) is 0 Å². The average molecular weight is 116 g/mol. The molecule has 1 aliphatic heterocycles. The summed E-state index contributed by atoms with van der Waals surface area (Å²) in [6.45, 7) is 2.10. The highest BCUT2D eigenvalue weighted by molar-refractivity contribution is 5.84. The monoisotopic (exact) mass is 116 g/mol. The summed E-state index contributed by atoms with van der Waals surface area (Å²) in [7, 11) is 1.50. The van der Waals surface area contributed by atoms with Crippen molar-refractivity contribution in [1.82, 2.24) is 0 Å².